The molecule has 1 saturated heterocycles. The van der Waals surface area contributed by atoms with Gasteiger partial charge in [-0.25, -0.2) is 4.98 Å². The van der Waals surface area contributed by atoms with Gasteiger partial charge in [0.25, 0.3) is 0 Å². The van der Waals surface area contributed by atoms with E-state index < -0.39 is 0 Å². The van der Waals surface area contributed by atoms with E-state index >= 15 is 0 Å². The standard InChI is InChI=1S/C25H29ClN4.3C2H6/c1-19-28-15-17-30(19)16-5-3-6-21-18-22(26)8-9-23(21)25(20-10-13-27-14-11-20)24-7-2-4-12-29-24;3*1-2/h2-4,6-9,12,15,17-18,20,25,27H,5,10-11,13-14,16H2,1H3;3*1-2H3/b6-3+;;;. The van der Waals surface area contributed by atoms with Crippen LogP contribution in [0.25, 0.3) is 6.08 Å². The molecule has 4 rings (SSSR count). The monoisotopic (exact) mass is 510 g/mol. The Balaban J connectivity index is 0.00000101. The second-order valence-electron chi connectivity index (χ2n) is 7.95. The average Bonchev–Trinajstić information content (AvgIpc) is 3.37. The third-order valence-electron chi connectivity index (χ3n) is 6.00. The lowest BCUT2D eigenvalue weighted by molar-refractivity contribution is 0.339. The minimum absolute atomic E-state index is 0.279. The summed E-state index contributed by atoms with van der Waals surface area (Å²) >= 11 is 6.40. The Morgan fingerprint density at radius 3 is 2.33 bits per heavy atom. The molecular formula is C31H47ClN4. The van der Waals surface area contributed by atoms with Gasteiger partial charge in [-0.2, -0.15) is 0 Å². The van der Waals surface area contributed by atoms with Gasteiger partial charge in [-0.15, -0.1) is 0 Å². The number of rotatable bonds is 7. The SMILES string of the molecule is CC.CC.CC.Cc1nccn1CC/C=C/c1cc(Cl)ccc1C(c1ccccn1)C1CCNCC1. The Labute approximate surface area is 225 Å². The third-order valence-corrected chi connectivity index (χ3v) is 6.24. The van der Waals surface area contributed by atoms with Crippen molar-refractivity contribution in [1.82, 2.24) is 19.9 Å². The second kappa shape index (κ2) is 18.8. The molecule has 1 aromatic carbocycles. The van der Waals surface area contributed by atoms with Crippen molar-refractivity contribution in [3.63, 3.8) is 0 Å². The highest BCUT2D eigenvalue weighted by Crippen LogP contribution is 2.38. The summed E-state index contributed by atoms with van der Waals surface area (Å²) in [5.41, 5.74) is 3.66. The number of piperidine rings is 1. The van der Waals surface area contributed by atoms with Gasteiger partial charge in [0.1, 0.15) is 5.82 Å². The molecule has 1 atom stereocenters. The first-order valence-electron chi connectivity index (χ1n) is 13.8. The van der Waals surface area contributed by atoms with Crippen LogP contribution in [0.15, 0.2) is 61.1 Å². The number of imidazole rings is 1. The van der Waals surface area contributed by atoms with Crippen LogP contribution < -0.4 is 5.32 Å². The van der Waals surface area contributed by atoms with E-state index in [4.69, 9.17) is 16.6 Å². The van der Waals surface area contributed by atoms with E-state index in [0.717, 1.165) is 55.4 Å². The number of hydrogen-bond donors (Lipinski definition) is 1. The summed E-state index contributed by atoms with van der Waals surface area (Å²) in [5.74, 6) is 1.90. The molecule has 0 amide bonds. The maximum atomic E-state index is 6.40. The van der Waals surface area contributed by atoms with Gasteiger partial charge in [0.05, 0.1) is 0 Å². The van der Waals surface area contributed by atoms with Crippen molar-refractivity contribution in [2.24, 2.45) is 5.92 Å². The molecule has 36 heavy (non-hydrogen) atoms. The Morgan fingerprint density at radius 1 is 1.00 bits per heavy atom. The van der Waals surface area contributed by atoms with Gasteiger partial charge in [0.2, 0.25) is 0 Å². The van der Waals surface area contributed by atoms with Gasteiger partial charge in [-0.1, -0.05) is 77.4 Å². The lowest BCUT2D eigenvalue weighted by Gasteiger charge is -2.32. The molecule has 3 heterocycles. The molecule has 1 N–H and O–H groups in total. The Kier molecular flexibility index (Phi) is 16.5. The summed E-state index contributed by atoms with van der Waals surface area (Å²) in [6, 6.07) is 12.5. The van der Waals surface area contributed by atoms with E-state index in [1.54, 1.807) is 0 Å². The zero-order chi connectivity index (χ0) is 26.8. The topological polar surface area (TPSA) is 42.7 Å². The molecule has 198 valence electrons. The number of hydrogen-bond acceptors (Lipinski definition) is 3. The number of allylic oxidation sites excluding steroid dienone is 1. The van der Waals surface area contributed by atoms with Crippen molar-refractivity contribution >= 4 is 17.7 Å². The van der Waals surface area contributed by atoms with Crippen molar-refractivity contribution in [1.29, 1.82) is 0 Å². The van der Waals surface area contributed by atoms with Crippen molar-refractivity contribution < 1.29 is 0 Å². The molecule has 0 aliphatic carbocycles. The van der Waals surface area contributed by atoms with Gasteiger partial charge in [0.15, 0.2) is 0 Å². The molecule has 0 saturated carbocycles. The first kappa shape index (κ1) is 31.6. The normalized spacial score (nSPS) is 14.0. The quantitative estimate of drug-likeness (QED) is 0.346. The number of halogens is 1. The minimum atomic E-state index is 0.279. The molecule has 1 fully saturated rings. The number of benzene rings is 1. The second-order valence-corrected chi connectivity index (χ2v) is 8.39. The fourth-order valence-corrected chi connectivity index (χ4v) is 4.61. The molecule has 0 spiro atoms. The van der Waals surface area contributed by atoms with E-state index in [9.17, 15) is 0 Å². The van der Waals surface area contributed by atoms with Crippen LogP contribution in [0.5, 0.6) is 0 Å². The van der Waals surface area contributed by atoms with Crippen molar-refractivity contribution in [3.05, 3.63) is 88.7 Å². The smallest absolute Gasteiger partial charge is 0.105 e. The summed E-state index contributed by atoms with van der Waals surface area (Å²) in [6.45, 7) is 17.1. The number of aromatic nitrogens is 3. The van der Waals surface area contributed by atoms with Crippen LogP contribution in [0.3, 0.4) is 0 Å². The summed E-state index contributed by atoms with van der Waals surface area (Å²) in [7, 11) is 0. The lowest BCUT2D eigenvalue weighted by Crippen LogP contribution is -2.31. The molecule has 1 aliphatic rings. The summed E-state index contributed by atoms with van der Waals surface area (Å²) in [6.07, 6.45) is 13.5. The van der Waals surface area contributed by atoms with Crippen LogP contribution in [0.4, 0.5) is 0 Å². The lowest BCUT2D eigenvalue weighted by atomic mass is 9.76. The van der Waals surface area contributed by atoms with Crippen LogP contribution >= 0.6 is 11.6 Å². The highest BCUT2D eigenvalue weighted by atomic mass is 35.5. The molecule has 4 nitrogen and oxygen atoms in total. The number of aryl methyl sites for hydroxylation is 2. The highest BCUT2D eigenvalue weighted by Gasteiger charge is 2.28. The molecule has 1 unspecified atom stereocenters. The average molecular weight is 511 g/mol. The Morgan fingerprint density at radius 2 is 1.72 bits per heavy atom. The Hall–Kier alpha value is -2.43. The number of nitrogens with zero attached hydrogens (tertiary/aromatic N) is 3. The van der Waals surface area contributed by atoms with E-state index in [2.05, 4.69) is 51.3 Å². The van der Waals surface area contributed by atoms with E-state index in [-0.39, 0.29) is 5.92 Å². The highest BCUT2D eigenvalue weighted by molar-refractivity contribution is 6.30. The predicted octanol–water partition coefficient (Wildman–Crippen LogP) is 8.55. The fraction of sp³-hybridized carbons (Fsp3) is 0.484. The van der Waals surface area contributed by atoms with Crippen LogP contribution in [0.2, 0.25) is 5.02 Å². The molecule has 0 bridgehead atoms. The van der Waals surface area contributed by atoms with Gasteiger partial charge in [-0.05, 0) is 80.6 Å². The molecule has 3 aromatic rings. The van der Waals surface area contributed by atoms with E-state index in [0.29, 0.717) is 5.92 Å². The minimum Gasteiger partial charge on any atom is -0.335 e. The number of pyridine rings is 1. The molecular weight excluding hydrogens is 464 g/mol. The number of nitrogens with one attached hydrogen (secondary N) is 1. The fourth-order valence-electron chi connectivity index (χ4n) is 4.43. The maximum Gasteiger partial charge on any atom is 0.105 e. The van der Waals surface area contributed by atoms with Gasteiger partial charge in [-0.3, -0.25) is 4.98 Å². The van der Waals surface area contributed by atoms with Gasteiger partial charge in [0, 0.05) is 41.8 Å². The first-order valence-corrected chi connectivity index (χ1v) is 14.2. The van der Waals surface area contributed by atoms with E-state index in [1.807, 2.05) is 79.2 Å². The van der Waals surface area contributed by atoms with E-state index in [1.165, 1.54) is 11.1 Å². The zero-order valence-electron chi connectivity index (χ0n) is 23.5. The zero-order valence-corrected chi connectivity index (χ0v) is 24.2. The van der Waals surface area contributed by atoms with Crippen LogP contribution in [-0.4, -0.2) is 27.6 Å². The third kappa shape index (κ3) is 9.55. The largest absolute Gasteiger partial charge is 0.335 e. The molecule has 1 aliphatic heterocycles. The van der Waals surface area contributed by atoms with Crippen molar-refractivity contribution in [2.75, 3.05) is 13.1 Å². The molecule has 2 aromatic heterocycles. The molecule has 5 heteroatoms. The van der Waals surface area contributed by atoms with Gasteiger partial charge >= 0.3 is 0 Å². The van der Waals surface area contributed by atoms with Crippen LogP contribution in [-0.2, 0) is 6.54 Å². The Bertz CT molecular complexity index is 975. The van der Waals surface area contributed by atoms with Gasteiger partial charge < -0.3 is 9.88 Å². The summed E-state index contributed by atoms with van der Waals surface area (Å²) in [5, 5.41) is 4.27. The predicted molar refractivity (Wildman–Crippen MR) is 158 cm³/mol. The van der Waals surface area contributed by atoms with Crippen LogP contribution in [0.1, 0.15) is 89.4 Å². The summed E-state index contributed by atoms with van der Waals surface area (Å²) in [4.78, 5) is 9.04. The van der Waals surface area contributed by atoms with Crippen molar-refractivity contribution in [3.8, 4) is 0 Å². The van der Waals surface area contributed by atoms with Crippen LogP contribution in [0, 0.1) is 12.8 Å². The first-order chi connectivity index (χ1) is 17.7. The molecule has 0 radical (unpaired) electrons. The van der Waals surface area contributed by atoms with Crippen molar-refractivity contribution in [2.45, 2.75) is 80.2 Å². The summed E-state index contributed by atoms with van der Waals surface area (Å²) < 4.78 is 2.18. The maximum absolute atomic E-state index is 6.40.